The van der Waals surface area contributed by atoms with Crippen LogP contribution in [0.1, 0.15) is 6.92 Å². The molecule has 1 rings (SSSR count). The van der Waals surface area contributed by atoms with Gasteiger partial charge in [-0.3, -0.25) is 0 Å². The Kier molecular flexibility index (Phi) is 5.03. The van der Waals surface area contributed by atoms with E-state index in [1.165, 1.54) is 37.1 Å². The van der Waals surface area contributed by atoms with E-state index >= 15 is 0 Å². The van der Waals surface area contributed by atoms with Crippen molar-refractivity contribution in [3.63, 3.8) is 0 Å². The molecule has 2 N–H and O–H groups in total. The number of benzene rings is 1. The third-order valence-electron chi connectivity index (χ3n) is 2.11. The molecular weight excluding hydrogens is 241 g/mol. The molecule has 0 saturated heterocycles. The Bertz CT molecular complexity index is 446. The first-order valence-corrected chi connectivity index (χ1v) is 5.96. The van der Waals surface area contributed by atoms with Crippen molar-refractivity contribution in [3.8, 4) is 0 Å². The second-order valence-corrected chi connectivity index (χ2v) is 4.43. The minimum Gasteiger partial charge on any atom is -0.466 e. The Morgan fingerprint density at radius 1 is 1.59 bits per heavy atom. The molecule has 0 heterocycles. The maximum atomic E-state index is 13.0. The number of esters is 1. The van der Waals surface area contributed by atoms with Crippen LogP contribution in [0.4, 0.5) is 10.1 Å². The molecule has 1 aromatic carbocycles. The maximum Gasteiger partial charge on any atom is 0.333 e. The summed E-state index contributed by atoms with van der Waals surface area (Å²) < 4.78 is 17.5. The monoisotopic (exact) mass is 255 g/mol. The van der Waals surface area contributed by atoms with Gasteiger partial charge in [0, 0.05) is 21.9 Å². The summed E-state index contributed by atoms with van der Waals surface area (Å²) in [6.45, 7) is 1.67. The van der Waals surface area contributed by atoms with Crippen LogP contribution in [0.25, 0.3) is 0 Å². The molecule has 5 heteroatoms. The molecule has 0 saturated carbocycles. The van der Waals surface area contributed by atoms with Crippen LogP contribution < -0.4 is 5.73 Å². The molecule has 0 aliphatic rings. The van der Waals surface area contributed by atoms with Gasteiger partial charge in [-0.05, 0) is 25.1 Å². The van der Waals surface area contributed by atoms with Gasteiger partial charge in [-0.2, -0.15) is 0 Å². The van der Waals surface area contributed by atoms with Crippen molar-refractivity contribution in [3.05, 3.63) is 35.7 Å². The maximum absolute atomic E-state index is 13.0. The Labute approximate surface area is 104 Å². The van der Waals surface area contributed by atoms with E-state index in [2.05, 4.69) is 4.74 Å². The number of carbonyl (C=O) groups excluding carboxylic acids is 1. The number of halogens is 1. The number of hydrogen-bond donors (Lipinski definition) is 1. The number of nitrogens with two attached hydrogens (primary N) is 1. The topological polar surface area (TPSA) is 52.3 Å². The molecule has 0 bridgehead atoms. The van der Waals surface area contributed by atoms with Gasteiger partial charge in [-0.1, -0.05) is 6.08 Å². The van der Waals surface area contributed by atoms with E-state index in [1.807, 2.05) is 0 Å². The third kappa shape index (κ3) is 4.11. The SMILES string of the molecule is COC(=O)C(C)=CCSc1cc(F)ccc1N. The summed E-state index contributed by atoms with van der Waals surface area (Å²) in [5.74, 6) is -0.151. The summed E-state index contributed by atoms with van der Waals surface area (Å²) >= 11 is 1.37. The van der Waals surface area contributed by atoms with Crippen LogP contribution in [0, 0.1) is 5.82 Å². The zero-order chi connectivity index (χ0) is 12.8. The van der Waals surface area contributed by atoms with Crippen molar-refractivity contribution in [2.24, 2.45) is 0 Å². The van der Waals surface area contributed by atoms with Crippen molar-refractivity contribution in [2.75, 3.05) is 18.6 Å². The Morgan fingerprint density at radius 2 is 2.29 bits per heavy atom. The standard InChI is InChI=1S/C12H14FNO2S/c1-8(12(15)16-2)5-6-17-11-7-9(13)3-4-10(11)14/h3-5,7H,6,14H2,1-2H3. The fourth-order valence-corrected chi connectivity index (χ4v) is 2.08. The van der Waals surface area contributed by atoms with Gasteiger partial charge in [0.1, 0.15) is 5.82 Å². The first-order chi connectivity index (χ1) is 8.04. The number of nitrogen functional groups attached to an aromatic ring is 1. The molecule has 17 heavy (non-hydrogen) atoms. The molecule has 0 aromatic heterocycles. The molecule has 0 aliphatic heterocycles. The van der Waals surface area contributed by atoms with Gasteiger partial charge >= 0.3 is 5.97 Å². The first-order valence-electron chi connectivity index (χ1n) is 4.97. The molecule has 0 unspecified atom stereocenters. The largest absolute Gasteiger partial charge is 0.466 e. The molecule has 3 nitrogen and oxygen atoms in total. The number of methoxy groups -OCH3 is 1. The van der Waals surface area contributed by atoms with E-state index in [0.717, 1.165) is 0 Å². The van der Waals surface area contributed by atoms with Crippen LogP contribution >= 0.6 is 11.8 Å². The minimum absolute atomic E-state index is 0.324. The van der Waals surface area contributed by atoms with Gasteiger partial charge in [0.25, 0.3) is 0 Å². The van der Waals surface area contributed by atoms with E-state index in [0.29, 0.717) is 21.9 Å². The molecule has 0 spiro atoms. The summed E-state index contributed by atoms with van der Waals surface area (Å²) in [6, 6.07) is 4.21. The minimum atomic E-state index is -0.363. The van der Waals surface area contributed by atoms with E-state index in [4.69, 9.17) is 5.73 Å². The normalized spacial score (nSPS) is 11.4. The molecule has 0 atom stereocenters. The highest BCUT2D eigenvalue weighted by atomic mass is 32.2. The Morgan fingerprint density at radius 3 is 2.94 bits per heavy atom. The summed E-state index contributed by atoms with van der Waals surface area (Å²) in [6.07, 6.45) is 1.72. The van der Waals surface area contributed by atoms with E-state index in [-0.39, 0.29) is 11.8 Å². The number of rotatable bonds is 4. The zero-order valence-electron chi connectivity index (χ0n) is 9.70. The van der Waals surface area contributed by atoms with Crippen molar-refractivity contribution in [2.45, 2.75) is 11.8 Å². The number of anilines is 1. The van der Waals surface area contributed by atoms with Gasteiger partial charge in [0.15, 0.2) is 0 Å². The summed E-state index contributed by atoms with van der Waals surface area (Å²) in [4.78, 5) is 11.8. The van der Waals surface area contributed by atoms with Crippen molar-refractivity contribution >= 4 is 23.4 Å². The van der Waals surface area contributed by atoms with Gasteiger partial charge in [0.05, 0.1) is 7.11 Å². The summed E-state index contributed by atoms with van der Waals surface area (Å²) in [5, 5.41) is 0. The van der Waals surface area contributed by atoms with Crippen LogP contribution in [0.3, 0.4) is 0 Å². The average Bonchev–Trinajstić information content (AvgIpc) is 2.32. The van der Waals surface area contributed by atoms with Crippen molar-refractivity contribution in [1.29, 1.82) is 0 Å². The zero-order valence-corrected chi connectivity index (χ0v) is 10.5. The Balaban J connectivity index is 2.62. The smallest absolute Gasteiger partial charge is 0.333 e. The molecule has 0 aliphatic carbocycles. The molecule has 1 aromatic rings. The van der Waals surface area contributed by atoms with E-state index < -0.39 is 0 Å². The van der Waals surface area contributed by atoms with Crippen molar-refractivity contribution in [1.82, 2.24) is 0 Å². The first kappa shape index (κ1) is 13.6. The molecule has 92 valence electrons. The van der Waals surface area contributed by atoms with E-state index in [1.54, 1.807) is 13.0 Å². The van der Waals surface area contributed by atoms with Crippen LogP contribution in [-0.2, 0) is 9.53 Å². The van der Waals surface area contributed by atoms with Crippen LogP contribution in [-0.4, -0.2) is 18.8 Å². The number of thioether (sulfide) groups is 1. The highest BCUT2D eigenvalue weighted by Crippen LogP contribution is 2.25. The quantitative estimate of drug-likeness (QED) is 0.389. The highest BCUT2D eigenvalue weighted by molar-refractivity contribution is 7.99. The van der Waals surface area contributed by atoms with Crippen LogP contribution in [0.2, 0.25) is 0 Å². The van der Waals surface area contributed by atoms with Gasteiger partial charge in [0.2, 0.25) is 0 Å². The number of ether oxygens (including phenoxy) is 1. The number of hydrogen-bond acceptors (Lipinski definition) is 4. The fourth-order valence-electron chi connectivity index (χ4n) is 1.13. The second-order valence-electron chi connectivity index (χ2n) is 3.37. The molecule has 0 amide bonds. The lowest BCUT2D eigenvalue weighted by Crippen LogP contribution is -2.01. The van der Waals surface area contributed by atoms with Crippen molar-refractivity contribution < 1.29 is 13.9 Å². The van der Waals surface area contributed by atoms with Gasteiger partial charge < -0.3 is 10.5 Å². The Hall–Kier alpha value is -1.49. The third-order valence-corrected chi connectivity index (χ3v) is 3.11. The fraction of sp³-hybridized carbons (Fsp3) is 0.250. The van der Waals surface area contributed by atoms with Crippen LogP contribution in [0.5, 0.6) is 0 Å². The summed E-state index contributed by atoms with van der Waals surface area (Å²) in [7, 11) is 1.33. The molecular formula is C12H14FNO2S. The lowest BCUT2D eigenvalue weighted by atomic mass is 10.3. The lowest BCUT2D eigenvalue weighted by molar-refractivity contribution is -0.136. The molecule has 0 radical (unpaired) electrons. The lowest BCUT2D eigenvalue weighted by Gasteiger charge is -2.04. The van der Waals surface area contributed by atoms with Gasteiger partial charge in [-0.25, -0.2) is 9.18 Å². The number of carbonyl (C=O) groups is 1. The predicted octanol–water partition coefficient (Wildman–Crippen LogP) is 2.62. The van der Waals surface area contributed by atoms with E-state index in [9.17, 15) is 9.18 Å². The van der Waals surface area contributed by atoms with Gasteiger partial charge in [-0.15, -0.1) is 11.8 Å². The summed E-state index contributed by atoms with van der Waals surface area (Å²) in [5.41, 5.74) is 6.74. The average molecular weight is 255 g/mol. The predicted molar refractivity (Wildman–Crippen MR) is 67.3 cm³/mol. The molecule has 0 fully saturated rings. The van der Waals surface area contributed by atoms with Crippen LogP contribution in [0.15, 0.2) is 34.7 Å². The highest BCUT2D eigenvalue weighted by Gasteiger charge is 2.04. The second kappa shape index (κ2) is 6.30.